The molecule has 24 aliphatic carbocycles. The number of ketones is 11. The van der Waals surface area contributed by atoms with E-state index in [9.17, 15) is 72.5 Å². The van der Waals surface area contributed by atoms with Gasteiger partial charge in [-0.05, 0) is 405 Å². The van der Waals surface area contributed by atoms with Crippen molar-refractivity contribution < 1.29 is 82.0 Å². The van der Waals surface area contributed by atoms with Gasteiger partial charge in [-0.3, -0.25) is 62.3 Å². The Balaban J connectivity index is 0.000000104. The van der Waals surface area contributed by atoms with E-state index in [1.165, 1.54) is 81.4 Å². The first-order valence-corrected chi connectivity index (χ1v) is 54.6. The largest absolute Gasteiger partial charge is 0.462 e. The summed E-state index contributed by atoms with van der Waals surface area (Å²) in [6.07, 6.45) is 54.0. The van der Waals surface area contributed by atoms with E-state index in [1.54, 1.807) is 25.2 Å². The third-order valence-electron chi connectivity index (χ3n) is 47.0. The van der Waals surface area contributed by atoms with E-state index in [2.05, 4.69) is 83.1 Å². The number of ether oxygens (including phenoxy) is 2. The monoisotopic (exact) mass is 1850 g/mol. The van der Waals surface area contributed by atoms with E-state index in [0.29, 0.717) is 163 Å². The standard InChI is InChI=1S/C21H28O4.C21H30O3.C19H26O3.C19H24O3.C19H28O2.C19H26O2/c1-12(22)25-19-5-4-15-14-11-18(24)17-10-13(23)6-8-20(17,2)16(14)7-9-21(15,19)3;1-13(22)24-19-7-6-17-16-5-4-14-12-15(23)8-10-20(14,2)18(16)9-11-21(17,19)3;2*1-18-7-5-11(20)9-15(18)16(21)10-12-13-3-4-17(22)19(13,2)8-6-14(12)18;2*1-18-9-7-13(20)11-12(18)3-4-14-15-5-6-17(21)19(15,2)10-8-16(14)18/h10,14-16,19H,4-9,11H2,1-3H3;12,16-19H,4-11H2,1-3H3;9,12-14,17,22H,3-8,10H2,1-2H3;9,12-14H,3-8,10H2,1-2H3;11,14-17,21H,3-10H2,1-2H3;11,14-16H,3-10H2,1-2H3/t14?,15?,16?,19-,20+,21-;16?,17?,18?,19-,20-,21-;12?,13?,14?,17-,18+,19-;12?,13?,14?,18-,19+;14?,15?,16?,17-,18-,19-;14?,15?,16?,18-,19-/m000100/s1. The summed E-state index contributed by atoms with van der Waals surface area (Å²) in [7, 11) is 0. The van der Waals surface area contributed by atoms with Crippen molar-refractivity contribution in [3.05, 3.63) is 69.9 Å². The number of esters is 2. The molecule has 17 nitrogen and oxygen atoms in total. The van der Waals surface area contributed by atoms with Crippen molar-refractivity contribution in [3.63, 3.8) is 0 Å². The van der Waals surface area contributed by atoms with Gasteiger partial charge < -0.3 is 19.7 Å². The maximum absolute atomic E-state index is 12.9. The van der Waals surface area contributed by atoms with Crippen LogP contribution in [0.15, 0.2) is 69.9 Å². The molecule has 0 aromatic heterocycles. The van der Waals surface area contributed by atoms with Crippen molar-refractivity contribution in [2.24, 2.45) is 172 Å². The molecule has 17 heteroatoms. The molecule has 24 aliphatic rings. The zero-order valence-corrected chi connectivity index (χ0v) is 84.5. The number of Topliss-reactive ketones (excluding diaryl/α,β-unsaturated/α-hetero) is 5. The lowest BCUT2D eigenvalue weighted by Gasteiger charge is -2.57. The Hall–Kier alpha value is -6.33. The number of aliphatic hydroxyl groups excluding tert-OH is 2. The molecule has 0 aromatic rings. The van der Waals surface area contributed by atoms with Gasteiger partial charge >= 0.3 is 11.9 Å². The van der Waals surface area contributed by atoms with Crippen LogP contribution >= 0.6 is 0 Å². The number of allylic oxidation sites excluding steroid dienone is 6. The molecule has 736 valence electrons. The van der Waals surface area contributed by atoms with Gasteiger partial charge in [0.2, 0.25) is 0 Å². The van der Waals surface area contributed by atoms with Crippen LogP contribution in [-0.2, 0) is 71.8 Å². The summed E-state index contributed by atoms with van der Waals surface area (Å²) in [4.78, 5) is 157. The Morgan fingerprint density at radius 3 is 0.822 bits per heavy atom. The molecule has 18 fully saturated rings. The Bertz CT molecular complexity index is 5140. The highest BCUT2D eigenvalue weighted by molar-refractivity contribution is 6.08. The minimum absolute atomic E-state index is 0.00348. The highest BCUT2D eigenvalue weighted by Crippen LogP contribution is 2.73. The summed E-state index contributed by atoms with van der Waals surface area (Å²) in [5.74, 6) is 12.7. The van der Waals surface area contributed by atoms with Crippen molar-refractivity contribution >= 4 is 75.6 Å². The van der Waals surface area contributed by atoms with Crippen LogP contribution in [0.2, 0.25) is 0 Å². The van der Waals surface area contributed by atoms with Crippen LogP contribution in [0.4, 0.5) is 0 Å². The molecule has 0 aromatic carbocycles. The minimum atomic E-state index is -0.203. The molecule has 0 saturated heterocycles. The smallest absolute Gasteiger partial charge is 0.302 e. The van der Waals surface area contributed by atoms with Crippen LogP contribution in [0, 0.1) is 172 Å². The van der Waals surface area contributed by atoms with Gasteiger partial charge in [0, 0.05) is 123 Å². The fourth-order valence-corrected chi connectivity index (χ4v) is 39.0. The molecule has 18 unspecified atom stereocenters. The maximum Gasteiger partial charge on any atom is 0.302 e. The van der Waals surface area contributed by atoms with E-state index in [1.807, 2.05) is 18.2 Å². The molecular weight excluding hydrogens is 1690 g/mol. The molecule has 2 N–H and O–H groups in total. The Morgan fingerprint density at radius 2 is 0.489 bits per heavy atom. The van der Waals surface area contributed by atoms with Gasteiger partial charge in [0.25, 0.3) is 0 Å². The first kappa shape index (κ1) is 97.5. The summed E-state index contributed by atoms with van der Waals surface area (Å²) in [6, 6.07) is 0. The van der Waals surface area contributed by atoms with E-state index >= 15 is 0 Å². The summed E-state index contributed by atoms with van der Waals surface area (Å²) < 4.78 is 11.4. The molecule has 0 spiro atoms. The van der Waals surface area contributed by atoms with E-state index in [4.69, 9.17) is 9.47 Å². The second kappa shape index (κ2) is 35.1. The van der Waals surface area contributed by atoms with E-state index < -0.39 is 0 Å². The number of carbonyl (C=O) groups excluding carboxylic acids is 13. The molecule has 0 radical (unpaired) electrons. The molecular formula is C118H162O17. The average Bonchev–Trinajstić information content (AvgIpc) is 1.54. The molecule has 18 saturated carbocycles. The highest BCUT2D eigenvalue weighted by atomic mass is 16.5. The van der Waals surface area contributed by atoms with Crippen LogP contribution in [0.3, 0.4) is 0 Å². The number of fused-ring (bicyclic) bond motifs is 30. The normalized spacial score (nSPS) is 48.8. The van der Waals surface area contributed by atoms with Gasteiger partial charge in [0.15, 0.2) is 52.0 Å². The molecule has 0 amide bonds. The lowest BCUT2D eigenvalue weighted by atomic mass is 9.47. The average molecular weight is 1850 g/mol. The van der Waals surface area contributed by atoms with Crippen molar-refractivity contribution in [2.45, 2.75) is 410 Å². The number of carbonyl (C=O) groups is 13. The molecule has 0 aliphatic heterocycles. The van der Waals surface area contributed by atoms with Crippen molar-refractivity contribution in [1.82, 2.24) is 0 Å². The predicted octanol–water partition coefficient (Wildman–Crippen LogP) is 22.4. The van der Waals surface area contributed by atoms with Gasteiger partial charge in [0.1, 0.15) is 23.8 Å². The Kier molecular flexibility index (Phi) is 25.3. The van der Waals surface area contributed by atoms with Crippen molar-refractivity contribution in [2.75, 3.05) is 0 Å². The minimum Gasteiger partial charge on any atom is -0.462 e. The number of hydrogen-bond donors (Lipinski definition) is 2. The molecule has 34 atom stereocenters. The summed E-state index contributed by atoms with van der Waals surface area (Å²) >= 11 is 0. The second-order valence-corrected chi connectivity index (χ2v) is 52.3. The first-order chi connectivity index (χ1) is 63.7. The SMILES string of the molecule is CC(=O)O[C@H]1CCC2C3CC(=O)C4=CC(=O)CC[C@]4(C)C3CC[C@@]21C.CC(=O)O[C@H]1CCC2C3CCC4=CC(=O)CC[C@]4(C)C3CC[C@@]21C.C[C@]12CCC(=O)C=C1C(=O)CC1C2CC[C@@]2(C)C1CC[C@@H]2O.C[C@]12CCC(=O)C=C1C(=O)CC1C2CC[C@]2(C)C(=O)CCC12.C[C@]12CCC(=O)C=C1CCC1C2CC[C@@]2(C)C1CC[C@@H]2O.C[C@]12CCC(=O)C=C1CCC1C2CC[C@]2(C)C(=O)CCC12. The van der Waals surface area contributed by atoms with Gasteiger partial charge in [-0.1, -0.05) is 99.8 Å². The molecule has 135 heavy (non-hydrogen) atoms. The maximum atomic E-state index is 12.9. The van der Waals surface area contributed by atoms with Crippen molar-refractivity contribution in [1.29, 1.82) is 0 Å². The van der Waals surface area contributed by atoms with Gasteiger partial charge in [-0.15, -0.1) is 0 Å². The zero-order chi connectivity index (χ0) is 96.1. The molecule has 0 heterocycles. The third-order valence-corrected chi connectivity index (χ3v) is 47.0. The fraction of sp³-hybridized carbons (Fsp3) is 0.788. The Labute approximate surface area is 804 Å². The van der Waals surface area contributed by atoms with E-state index in [0.717, 1.165) is 221 Å². The summed E-state index contributed by atoms with van der Waals surface area (Å²) in [5, 5.41) is 20.9. The van der Waals surface area contributed by atoms with Crippen molar-refractivity contribution in [3.8, 4) is 0 Å². The number of rotatable bonds is 2. The lowest BCUT2D eigenvalue weighted by Crippen LogP contribution is -2.53. The topological polar surface area (TPSA) is 281 Å². The molecule has 0 bridgehead atoms. The summed E-state index contributed by atoms with van der Waals surface area (Å²) in [5.41, 5.74) is 7.16. The quantitative estimate of drug-likeness (QED) is 0.243. The lowest BCUT2D eigenvalue weighted by molar-refractivity contribution is -0.158. The highest BCUT2D eigenvalue weighted by Gasteiger charge is 2.68. The number of hydrogen-bond acceptors (Lipinski definition) is 17. The van der Waals surface area contributed by atoms with Gasteiger partial charge in [-0.2, -0.15) is 0 Å². The van der Waals surface area contributed by atoms with Crippen LogP contribution in [0.25, 0.3) is 0 Å². The third kappa shape index (κ3) is 15.7. The van der Waals surface area contributed by atoms with Gasteiger partial charge in [-0.25, -0.2) is 0 Å². The molecule has 24 rings (SSSR count). The van der Waals surface area contributed by atoms with Gasteiger partial charge in [0.05, 0.1) is 12.2 Å². The number of aliphatic hydroxyl groups is 2. The fourth-order valence-electron chi connectivity index (χ4n) is 39.0. The predicted molar refractivity (Wildman–Crippen MR) is 515 cm³/mol. The zero-order valence-electron chi connectivity index (χ0n) is 84.5. The first-order valence-electron chi connectivity index (χ1n) is 54.6. The summed E-state index contributed by atoms with van der Waals surface area (Å²) in [6.45, 7) is 30.5. The van der Waals surface area contributed by atoms with Crippen LogP contribution < -0.4 is 0 Å². The van der Waals surface area contributed by atoms with Crippen LogP contribution in [0.5, 0.6) is 0 Å². The Morgan fingerprint density at radius 1 is 0.244 bits per heavy atom. The van der Waals surface area contributed by atoms with Crippen LogP contribution in [-0.4, -0.2) is 110 Å². The van der Waals surface area contributed by atoms with Crippen LogP contribution in [0.1, 0.15) is 386 Å². The van der Waals surface area contributed by atoms with E-state index in [-0.39, 0.29) is 136 Å². The second-order valence-electron chi connectivity index (χ2n) is 52.3.